The highest BCUT2D eigenvalue weighted by molar-refractivity contribution is 5.80. The van der Waals surface area contributed by atoms with Gasteiger partial charge in [0, 0.05) is 25.9 Å². The molecule has 92 valence electrons. The highest BCUT2D eigenvalue weighted by Gasteiger charge is 2.06. The molecule has 0 spiro atoms. The Morgan fingerprint density at radius 3 is 2.94 bits per heavy atom. The zero-order valence-corrected chi connectivity index (χ0v) is 10.8. The number of nitrogens with zero attached hydrogens (tertiary/aromatic N) is 2. The van der Waals surface area contributed by atoms with E-state index >= 15 is 0 Å². The summed E-state index contributed by atoms with van der Waals surface area (Å²) in [5, 5.41) is 3.39. The van der Waals surface area contributed by atoms with Crippen molar-refractivity contribution in [2.24, 2.45) is 7.05 Å². The summed E-state index contributed by atoms with van der Waals surface area (Å²) in [6.07, 6.45) is 0. The Balaban J connectivity index is 2.26. The van der Waals surface area contributed by atoms with Gasteiger partial charge >= 0.3 is 0 Å². The van der Waals surface area contributed by atoms with Crippen molar-refractivity contribution in [1.82, 2.24) is 9.55 Å². The molecule has 0 aliphatic rings. The van der Waals surface area contributed by atoms with Crippen LogP contribution in [0.4, 0.5) is 5.69 Å². The zero-order chi connectivity index (χ0) is 12.4. The third-order valence-corrected chi connectivity index (χ3v) is 2.93. The highest BCUT2D eigenvalue weighted by Crippen LogP contribution is 2.19. The molecule has 0 aliphatic heterocycles. The summed E-state index contributed by atoms with van der Waals surface area (Å²) in [6, 6.07) is 6.55. The summed E-state index contributed by atoms with van der Waals surface area (Å²) in [7, 11) is 3.74. The minimum Gasteiger partial charge on any atom is -0.383 e. The molecule has 0 aliphatic carbocycles. The molecule has 1 N–H and O–H groups in total. The van der Waals surface area contributed by atoms with Gasteiger partial charge in [-0.25, -0.2) is 4.98 Å². The van der Waals surface area contributed by atoms with Crippen molar-refractivity contribution >= 4 is 16.7 Å². The van der Waals surface area contributed by atoms with Crippen LogP contribution in [0.5, 0.6) is 0 Å². The molecule has 4 nitrogen and oxygen atoms in total. The van der Waals surface area contributed by atoms with Gasteiger partial charge in [-0.1, -0.05) is 0 Å². The Kier molecular flexibility index (Phi) is 3.33. The maximum absolute atomic E-state index is 5.10. The van der Waals surface area contributed by atoms with Crippen molar-refractivity contribution in [3.63, 3.8) is 0 Å². The molecular weight excluding hydrogens is 214 g/mol. The smallest absolute Gasteiger partial charge is 0.106 e. The second-order valence-electron chi connectivity index (χ2n) is 4.42. The fraction of sp³-hybridized carbons (Fsp3) is 0.462. The van der Waals surface area contributed by atoms with E-state index in [2.05, 4.69) is 40.0 Å². The summed E-state index contributed by atoms with van der Waals surface area (Å²) in [5.41, 5.74) is 3.27. The largest absolute Gasteiger partial charge is 0.383 e. The molecular formula is C13H19N3O. The summed E-state index contributed by atoms with van der Waals surface area (Å²) in [5.74, 6) is 1.03. The van der Waals surface area contributed by atoms with Crippen molar-refractivity contribution in [2.75, 3.05) is 19.0 Å². The molecule has 1 heterocycles. The molecule has 1 aromatic heterocycles. The quantitative estimate of drug-likeness (QED) is 0.881. The van der Waals surface area contributed by atoms with Gasteiger partial charge in [0.2, 0.25) is 0 Å². The summed E-state index contributed by atoms with van der Waals surface area (Å²) in [4.78, 5) is 4.52. The van der Waals surface area contributed by atoms with Gasteiger partial charge in [0.25, 0.3) is 0 Å². The van der Waals surface area contributed by atoms with Crippen molar-refractivity contribution in [3.8, 4) is 0 Å². The van der Waals surface area contributed by atoms with Crippen LogP contribution in [0.1, 0.15) is 12.7 Å². The lowest BCUT2D eigenvalue weighted by Crippen LogP contribution is -2.20. The molecule has 2 aromatic rings. The molecule has 4 heteroatoms. The van der Waals surface area contributed by atoms with Crippen molar-refractivity contribution in [3.05, 3.63) is 24.0 Å². The number of nitrogens with one attached hydrogen (secondary N) is 1. The number of anilines is 1. The summed E-state index contributed by atoms with van der Waals surface area (Å²) < 4.78 is 7.20. The number of hydrogen-bond acceptors (Lipinski definition) is 3. The van der Waals surface area contributed by atoms with E-state index in [1.54, 1.807) is 7.11 Å². The van der Waals surface area contributed by atoms with E-state index in [9.17, 15) is 0 Å². The first-order valence-electron chi connectivity index (χ1n) is 5.80. The van der Waals surface area contributed by atoms with Crippen LogP contribution in [0.15, 0.2) is 18.2 Å². The number of ether oxygens (including phenoxy) is 1. The SMILES string of the molecule is COCC(C)Nc1ccc2c(c1)nc(C)n2C. The summed E-state index contributed by atoms with van der Waals surface area (Å²) >= 11 is 0. The first-order valence-corrected chi connectivity index (χ1v) is 5.80. The van der Waals surface area contributed by atoms with Crippen molar-refractivity contribution in [1.29, 1.82) is 0 Å². The van der Waals surface area contributed by atoms with Crippen molar-refractivity contribution < 1.29 is 4.74 Å². The fourth-order valence-corrected chi connectivity index (χ4v) is 1.99. The maximum Gasteiger partial charge on any atom is 0.106 e. The zero-order valence-electron chi connectivity index (χ0n) is 10.8. The monoisotopic (exact) mass is 233 g/mol. The number of imidazole rings is 1. The van der Waals surface area contributed by atoms with Crippen LogP contribution in [0, 0.1) is 6.92 Å². The van der Waals surface area contributed by atoms with Crippen LogP contribution in [0.3, 0.4) is 0 Å². The van der Waals surface area contributed by atoms with E-state index < -0.39 is 0 Å². The number of hydrogen-bond donors (Lipinski definition) is 1. The maximum atomic E-state index is 5.10. The van der Waals surface area contributed by atoms with Gasteiger partial charge in [0.1, 0.15) is 5.82 Å². The molecule has 0 saturated heterocycles. The van der Waals surface area contributed by atoms with Crippen LogP contribution < -0.4 is 5.32 Å². The van der Waals surface area contributed by atoms with E-state index in [1.165, 1.54) is 0 Å². The third-order valence-electron chi connectivity index (χ3n) is 2.93. The standard InChI is InChI=1S/C13H19N3O/c1-9(8-17-4)14-11-5-6-13-12(7-11)15-10(2)16(13)3/h5-7,9,14H,8H2,1-4H3. The number of aryl methyl sites for hydroxylation is 2. The van der Waals surface area contributed by atoms with Crippen LogP contribution in [-0.4, -0.2) is 29.3 Å². The number of benzene rings is 1. The predicted molar refractivity (Wildman–Crippen MR) is 70.4 cm³/mol. The van der Waals surface area contributed by atoms with Gasteiger partial charge in [-0.15, -0.1) is 0 Å². The van der Waals surface area contributed by atoms with E-state index in [1.807, 2.05) is 14.0 Å². The average Bonchev–Trinajstić information content (AvgIpc) is 2.55. The molecule has 0 fully saturated rings. The van der Waals surface area contributed by atoms with Gasteiger partial charge < -0.3 is 14.6 Å². The number of rotatable bonds is 4. The predicted octanol–water partition coefficient (Wildman–Crippen LogP) is 2.33. The average molecular weight is 233 g/mol. The van der Waals surface area contributed by atoms with E-state index in [4.69, 9.17) is 4.74 Å². The summed E-state index contributed by atoms with van der Waals surface area (Å²) in [6.45, 7) is 4.80. The Hall–Kier alpha value is -1.55. The first kappa shape index (κ1) is 11.9. The van der Waals surface area contributed by atoms with Gasteiger partial charge in [0.05, 0.1) is 17.6 Å². The Morgan fingerprint density at radius 1 is 1.47 bits per heavy atom. The van der Waals surface area contributed by atoms with Gasteiger partial charge in [-0.2, -0.15) is 0 Å². The molecule has 2 rings (SSSR count). The van der Waals surface area contributed by atoms with Crippen LogP contribution in [0.25, 0.3) is 11.0 Å². The van der Waals surface area contributed by atoms with Crippen LogP contribution >= 0.6 is 0 Å². The Bertz CT molecular complexity index is 519. The molecule has 0 radical (unpaired) electrons. The molecule has 0 bridgehead atoms. The number of methoxy groups -OCH3 is 1. The minimum absolute atomic E-state index is 0.294. The van der Waals surface area contributed by atoms with Crippen LogP contribution in [0.2, 0.25) is 0 Å². The minimum atomic E-state index is 0.294. The molecule has 0 amide bonds. The molecule has 17 heavy (non-hydrogen) atoms. The highest BCUT2D eigenvalue weighted by atomic mass is 16.5. The first-order chi connectivity index (χ1) is 8.11. The van der Waals surface area contributed by atoms with E-state index in [-0.39, 0.29) is 0 Å². The van der Waals surface area contributed by atoms with Crippen molar-refractivity contribution in [2.45, 2.75) is 19.9 Å². The number of aromatic nitrogens is 2. The molecule has 0 saturated carbocycles. The fourth-order valence-electron chi connectivity index (χ4n) is 1.99. The lowest BCUT2D eigenvalue weighted by molar-refractivity contribution is 0.190. The van der Waals surface area contributed by atoms with Gasteiger partial charge in [-0.3, -0.25) is 0 Å². The van der Waals surface area contributed by atoms with Gasteiger partial charge in [-0.05, 0) is 32.0 Å². The lowest BCUT2D eigenvalue weighted by atomic mass is 10.2. The van der Waals surface area contributed by atoms with E-state index in [0.29, 0.717) is 12.6 Å². The molecule has 1 unspecified atom stereocenters. The van der Waals surface area contributed by atoms with Gasteiger partial charge in [0.15, 0.2) is 0 Å². The Morgan fingerprint density at radius 2 is 2.24 bits per heavy atom. The second kappa shape index (κ2) is 4.75. The third kappa shape index (κ3) is 2.42. The Labute approximate surface area is 102 Å². The number of fused-ring (bicyclic) bond motifs is 1. The lowest BCUT2D eigenvalue weighted by Gasteiger charge is -2.13. The second-order valence-corrected chi connectivity index (χ2v) is 4.42. The topological polar surface area (TPSA) is 39.1 Å². The molecule has 1 atom stereocenters. The normalized spacial score (nSPS) is 12.9. The van der Waals surface area contributed by atoms with E-state index in [0.717, 1.165) is 22.5 Å². The van der Waals surface area contributed by atoms with Crippen LogP contribution in [-0.2, 0) is 11.8 Å². The molecule has 1 aromatic carbocycles.